The second-order valence-electron chi connectivity index (χ2n) is 6.48. The minimum absolute atomic E-state index is 0.0285. The van der Waals surface area contributed by atoms with Gasteiger partial charge >= 0.3 is 5.97 Å². The van der Waals surface area contributed by atoms with Crippen molar-refractivity contribution in [2.75, 3.05) is 7.11 Å². The van der Waals surface area contributed by atoms with Crippen LogP contribution in [0.15, 0.2) is 88.3 Å². The molecule has 30 heavy (non-hydrogen) atoms. The first-order valence-electron chi connectivity index (χ1n) is 9.25. The van der Waals surface area contributed by atoms with Gasteiger partial charge in [-0.05, 0) is 29.8 Å². The molecule has 1 heterocycles. The lowest BCUT2D eigenvalue weighted by molar-refractivity contribution is -0.133. The number of benzene rings is 3. The summed E-state index contributed by atoms with van der Waals surface area (Å²) < 4.78 is 21.8. The quantitative estimate of drug-likeness (QED) is 0.342. The van der Waals surface area contributed by atoms with Crippen LogP contribution in [0, 0.1) is 0 Å². The Labute approximate surface area is 172 Å². The molecule has 0 aliphatic carbocycles. The van der Waals surface area contributed by atoms with Gasteiger partial charge in [-0.15, -0.1) is 0 Å². The van der Waals surface area contributed by atoms with Crippen LogP contribution in [-0.4, -0.2) is 13.1 Å². The van der Waals surface area contributed by atoms with E-state index in [0.29, 0.717) is 22.6 Å². The normalized spacial score (nSPS) is 10.6. The molecular formula is C24H18O6. The highest BCUT2D eigenvalue weighted by Gasteiger charge is 2.13. The maximum Gasteiger partial charge on any atom is 0.315 e. The number of ether oxygens (including phenoxy) is 3. The first-order chi connectivity index (χ1) is 14.6. The van der Waals surface area contributed by atoms with Gasteiger partial charge in [0, 0.05) is 6.07 Å². The number of hydrogen-bond acceptors (Lipinski definition) is 6. The van der Waals surface area contributed by atoms with Crippen LogP contribution in [0.2, 0.25) is 0 Å². The predicted molar refractivity (Wildman–Crippen MR) is 111 cm³/mol. The number of hydrogen-bond donors (Lipinski definition) is 0. The summed E-state index contributed by atoms with van der Waals surface area (Å²) in [6.07, 6.45) is 1.38. The first-order valence-corrected chi connectivity index (χ1v) is 9.25. The van der Waals surface area contributed by atoms with E-state index in [1.165, 1.54) is 19.4 Å². The van der Waals surface area contributed by atoms with Gasteiger partial charge in [-0.25, -0.2) is 0 Å². The molecule has 0 radical (unpaired) electrons. The van der Waals surface area contributed by atoms with Gasteiger partial charge in [0.25, 0.3) is 0 Å². The molecule has 0 bridgehead atoms. The average molecular weight is 402 g/mol. The molecule has 4 aromatic rings. The molecule has 6 heteroatoms. The Kier molecular flexibility index (Phi) is 5.48. The van der Waals surface area contributed by atoms with E-state index < -0.39 is 5.97 Å². The third-order valence-electron chi connectivity index (χ3n) is 4.43. The molecule has 0 unspecified atom stereocenters. The van der Waals surface area contributed by atoms with E-state index in [1.54, 1.807) is 36.4 Å². The highest BCUT2D eigenvalue weighted by Crippen LogP contribution is 2.30. The van der Waals surface area contributed by atoms with Crippen LogP contribution in [0.3, 0.4) is 0 Å². The smallest absolute Gasteiger partial charge is 0.315 e. The summed E-state index contributed by atoms with van der Waals surface area (Å²) in [5, 5.41) is 0.310. The van der Waals surface area contributed by atoms with Crippen LogP contribution in [0.1, 0.15) is 5.56 Å². The number of carbonyl (C=O) groups is 1. The summed E-state index contributed by atoms with van der Waals surface area (Å²) in [4.78, 5) is 24.9. The molecule has 0 atom stereocenters. The standard InChI is InChI=1S/C24H18O6/c1-27-19-9-5-6-10-20(19)30-22-15-28-21-14-17(11-12-18(21)24(22)26)29-23(25)13-16-7-3-2-4-8-16/h2-12,14-15H,13H2,1H3. The summed E-state index contributed by atoms with van der Waals surface area (Å²) >= 11 is 0. The van der Waals surface area contributed by atoms with Gasteiger partial charge in [0.1, 0.15) is 17.6 Å². The highest BCUT2D eigenvalue weighted by atomic mass is 16.5. The summed E-state index contributed by atoms with van der Waals surface area (Å²) in [6, 6.07) is 20.9. The van der Waals surface area contributed by atoms with Crippen molar-refractivity contribution in [1.29, 1.82) is 0 Å². The Morgan fingerprint density at radius 2 is 1.63 bits per heavy atom. The van der Waals surface area contributed by atoms with Crippen LogP contribution in [0.4, 0.5) is 0 Å². The third-order valence-corrected chi connectivity index (χ3v) is 4.43. The third kappa shape index (κ3) is 4.17. The lowest BCUT2D eigenvalue weighted by atomic mass is 10.1. The maximum atomic E-state index is 12.8. The zero-order chi connectivity index (χ0) is 20.9. The van der Waals surface area contributed by atoms with E-state index >= 15 is 0 Å². The summed E-state index contributed by atoms with van der Waals surface area (Å²) in [6.45, 7) is 0. The van der Waals surface area contributed by atoms with E-state index in [2.05, 4.69) is 0 Å². The molecule has 0 N–H and O–H groups in total. The molecule has 0 spiro atoms. The van der Waals surface area contributed by atoms with Crippen molar-refractivity contribution in [1.82, 2.24) is 0 Å². The zero-order valence-corrected chi connectivity index (χ0v) is 16.2. The summed E-state index contributed by atoms with van der Waals surface area (Å²) in [7, 11) is 1.52. The molecule has 1 aromatic heterocycles. The van der Waals surface area contributed by atoms with Crippen molar-refractivity contribution in [2.24, 2.45) is 0 Å². The van der Waals surface area contributed by atoms with Gasteiger partial charge in [-0.2, -0.15) is 0 Å². The van der Waals surface area contributed by atoms with E-state index in [4.69, 9.17) is 18.6 Å². The Balaban J connectivity index is 1.55. The summed E-state index contributed by atoms with van der Waals surface area (Å²) in [5.74, 6) is 0.820. The first kappa shape index (κ1) is 19.3. The predicted octanol–water partition coefficient (Wildman–Crippen LogP) is 4.74. The second-order valence-corrected chi connectivity index (χ2v) is 6.48. The van der Waals surface area contributed by atoms with Crippen LogP contribution in [0.25, 0.3) is 11.0 Å². The molecule has 6 nitrogen and oxygen atoms in total. The Bertz CT molecular complexity index is 1240. The molecule has 150 valence electrons. The van der Waals surface area contributed by atoms with E-state index in [9.17, 15) is 9.59 Å². The molecule has 0 aliphatic heterocycles. The van der Waals surface area contributed by atoms with Gasteiger partial charge in [-0.3, -0.25) is 9.59 Å². The van der Waals surface area contributed by atoms with E-state index in [1.807, 2.05) is 30.3 Å². The van der Waals surface area contributed by atoms with E-state index in [0.717, 1.165) is 5.56 Å². The largest absolute Gasteiger partial charge is 0.493 e. The zero-order valence-electron chi connectivity index (χ0n) is 16.2. The molecular weight excluding hydrogens is 384 g/mol. The minimum Gasteiger partial charge on any atom is -0.493 e. The van der Waals surface area contributed by atoms with Crippen LogP contribution in [0.5, 0.6) is 23.0 Å². The fraction of sp³-hybridized carbons (Fsp3) is 0.0833. The Hall–Kier alpha value is -4.06. The monoisotopic (exact) mass is 402 g/mol. The average Bonchev–Trinajstić information content (AvgIpc) is 2.76. The number of carbonyl (C=O) groups excluding carboxylic acids is 1. The summed E-state index contributed by atoms with van der Waals surface area (Å²) in [5.41, 5.74) is 0.801. The maximum absolute atomic E-state index is 12.8. The number of esters is 1. The van der Waals surface area contributed by atoms with Crippen molar-refractivity contribution >= 4 is 16.9 Å². The topological polar surface area (TPSA) is 75.0 Å². The Morgan fingerprint density at radius 3 is 2.40 bits per heavy atom. The Morgan fingerprint density at radius 1 is 0.900 bits per heavy atom. The fourth-order valence-corrected chi connectivity index (χ4v) is 2.98. The lowest BCUT2D eigenvalue weighted by Gasteiger charge is -2.10. The molecule has 0 saturated carbocycles. The van der Waals surface area contributed by atoms with Gasteiger partial charge in [0.2, 0.25) is 11.2 Å². The highest BCUT2D eigenvalue weighted by molar-refractivity contribution is 5.81. The second kappa shape index (κ2) is 8.53. The SMILES string of the molecule is COc1ccccc1Oc1coc2cc(OC(=O)Cc3ccccc3)ccc2c1=O. The fourth-order valence-electron chi connectivity index (χ4n) is 2.98. The van der Waals surface area contributed by atoms with Crippen molar-refractivity contribution < 1.29 is 23.4 Å². The molecule has 0 saturated heterocycles. The molecule has 0 amide bonds. The molecule has 3 aromatic carbocycles. The minimum atomic E-state index is -0.404. The van der Waals surface area contributed by atoms with Crippen LogP contribution in [-0.2, 0) is 11.2 Å². The van der Waals surface area contributed by atoms with Crippen molar-refractivity contribution in [2.45, 2.75) is 6.42 Å². The van der Waals surface area contributed by atoms with E-state index in [-0.39, 0.29) is 23.2 Å². The number of rotatable bonds is 6. The van der Waals surface area contributed by atoms with Crippen molar-refractivity contribution in [3.63, 3.8) is 0 Å². The molecule has 0 aliphatic rings. The van der Waals surface area contributed by atoms with Crippen molar-refractivity contribution in [3.05, 3.63) is 94.8 Å². The van der Waals surface area contributed by atoms with Crippen molar-refractivity contribution in [3.8, 4) is 23.0 Å². The number of fused-ring (bicyclic) bond motifs is 1. The van der Waals surface area contributed by atoms with Gasteiger partial charge < -0.3 is 18.6 Å². The number of para-hydroxylation sites is 2. The van der Waals surface area contributed by atoms with Crippen LogP contribution < -0.4 is 19.6 Å². The molecule has 0 fully saturated rings. The van der Waals surface area contributed by atoms with Gasteiger partial charge in [0.05, 0.1) is 18.9 Å². The van der Waals surface area contributed by atoms with Crippen LogP contribution >= 0.6 is 0 Å². The van der Waals surface area contributed by atoms with Gasteiger partial charge in [0.15, 0.2) is 11.5 Å². The lowest BCUT2D eigenvalue weighted by Crippen LogP contribution is -2.11. The molecule has 4 rings (SSSR count). The van der Waals surface area contributed by atoms with Gasteiger partial charge in [-0.1, -0.05) is 42.5 Å². The number of methoxy groups -OCH3 is 1.